The van der Waals surface area contributed by atoms with Gasteiger partial charge in [0.25, 0.3) is 0 Å². The molecule has 1 aliphatic carbocycles. The van der Waals surface area contributed by atoms with Crippen LogP contribution in [0.25, 0.3) is 0 Å². The summed E-state index contributed by atoms with van der Waals surface area (Å²) in [5, 5.41) is 12.1. The van der Waals surface area contributed by atoms with Crippen LogP contribution >= 0.6 is 11.8 Å². The van der Waals surface area contributed by atoms with Crippen molar-refractivity contribution >= 4 is 17.7 Å². The van der Waals surface area contributed by atoms with Crippen molar-refractivity contribution in [2.75, 3.05) is 19.3 Å². The quantitative estimate of drug-likeness (QED) is 0.591. The predicted molar refractivity (Wildman–Crippen MR) is 78.4 cm³/mol. The molecule has 0 bridgehead atoms. The third-order valence-electron chi connectivity index (χ3n) is 3.78. The summed E-state index contributed by atoms with van der Waals surface area (Å²) in [7, 11) is 3.76. The van der Waals surface area contributed by atoms with Crippen LogP contribution in [0.1, 0.15) is 38.5 Å². The van der Waals surface area contributed by atoms with Crippen molar-refractivity contribution in [3.63, 3.8) is 0 Å². The van der Waals surface area contributed by atoms with Gasteiger partial charge in [0.1, 0.15) is 0 Å². The number of hydrogen-bond acceptors (Lipinski definition) is 5. The molecule has 1 saturated carbocycles. The zero-order chi connectivity index (χ0) is 14.4. The Balaban J connectivity index is 1.65. The minimum atomic E-state index is 0.268. The second kappa shape index (κ2) is 7.61. The topological polar surface area (TPSA) is 63.9 Å². The van der Waals surface area contributed by atoms with Crippen molar-refractivity contribution in [1.29, 1.82) is 0 Å². The maximum atomic E-state index is 12.3. The molecule has 1 aliphatic rings. The van der Waals surface area contributed by atoms with E-state index >= 15 is 0 Å². The molecule has 1 fully saturated rings. The Hall–Kier alpha value is -1.11. The smallest absolute Gasteiger partial charge is 0.225 e. The van der Waals surface area contributed by atoms with Gasteiger partial charge in [0, 0.05) is 32.3 Å². The van der Waals surface area contributed by atoms with Crippen molar-refractivity contribution in [3.05, 3.63) is 0 Å². The highest BCUT2D eigenvalue weighted by atomic mass is 32.2. The Morgan fingerprint density at radius 3 is 2.80 bits per heavy atom. The maximum absolute atomic E-state index is 12.3. The van der Waals surface area contributed by atoms with Crippen LogP contribution in [0.4, 0.5) is 0 Å². The van der Waals surface area contributed by atoms with E-state index in [0.29, 0.717) is 5.91 Å². The first-order valence-corrected chi connectivity index (χ1v) is 8.27. The van der Waals surface area contributed by atoms with Gasteiger partial charge in [0.2, 0.25) is 11.1 Å². The highest BCUT2D eigenvalue weighted by molar-refractivity contribution is 7.99. The molecule has 1 amide bonds. The van der Waals surface area contributed by atoms with Gasteiger partial charge in [-0.3, -0.25) is 4.79 Å². The van der Waals surface area contributed by atoms with Crippen molar-refractivity contribution in [3.8, 4) is 0 Å². The summed E-state index contributed by atoms with van der Waals surface area (Å²) in [5.74, 6) is 1.52. The van der Waals surface area contributed by atoms with E-state index in [1.54, 1.807) is 16.4 Å². The standard InChI is InChI=1S/C13H23N5OS/c1-17(12(19)11-7-4-3-5-8-11)9-6-10-20-13-14-15-16-18(13)2/h11H,3-10H2,1-2H3. The molecule has 0 atom stereocenters. The molecule has 1 aromatic heterocycles. The lowest BCUT2D eigenvalue weighted by Gasteiger charge is -2.26. The second-order valence-corrected chi connectivity index (χ2v) is 6.44. The van der Waals surface area contributed by atoms with Gasteiger partial charge in [-0.05, 0) is 29.7 Å². The summed E-state index contributed by atoms with van der Waals surface area (Å²) in [6.07, 6.45) is 6.81. The number of amides is 1. The predicted octanol–water partition coefficient (Wildman–Crippen LogP) is 1.73. The van der Waals surface area contributed by atoms with E-state index in [9.17, 15) is 4.79 Å². The molecule has 6 nitrogen and oxygen atoms in total. The van der Waals surface area contributed by atoms with Gasteiger partial charge in [-0.1, -0.05) is 31.0 Å². The summed E-state index contributed by atoms with van der Waals surface area (Å²) in [4.78, 5) is 14.2. The fraction of sp³-hybridized carbons (Fsp3) is 0.846. The summed E-state index contributed by atoms with van der Waals surface area (Å²) >= 11 is 1.63. The second-order valence-electron chi connectivity index (χ2n) is 5.38. The highest BCUT2D eigenvalue weighted by Crippen LogP contribution is 2.25. The lowest BCUT2D eigenvalue weighted by atomic mass is 9.88. The number of nitrogens with zero attached hydrogens (tertiary/aromatic N) is 5. The normalized spacial score (nSPS) is 16.3. The summed E-state index contributed by atoms with van der Waals surface area (Å²) < 4.78 is 1.67. The van der Waals surface area contributed by atoms with E-state index in [0.717, 1.165) is 36.7 Å². The Kier molecular flexibility index (Phi) is 5.82. The van der Waals surface area contributed by atoms with Crippen molar-refractivity contribution in [2.45, 2.75) is 43.7 Å². The molecular weight excluding hydrogens is 274 g/mol. The lowest BCUT2D eigenvalue weighted by Crippen LogP contribution is -2.34. The van der Waals surface area contributed by atoms with Crippen LogP contribution in [-0.2, 0) is 11.8 Å². The van der Waals surface area contributed by atoms with Crippen LogP contribution in [-0.4, -0.2) is 50.4 Å². The molecule has 0 radical (unpaired) electrons. The van der Waals surface area contributed by atoms with Gasteiger partial charge in [0.15, 0.2) is 0 Å². The van der Waals surface area contributed by atoms with Gasteiger partial charge in [-0.2, -0.15) is 0 Å². The summed E-state index contributed by atoms with van der Waals surface area (Å²) in [5.41, 5.74) is 0. The fourth-order valence-corrected chi connectivity index (χ4v) is 3.35. The fourth-order valence-electron chi connectivity index (χ4n) is 2.58. The highest BCUT2D eigenvalue weighted by Gasteiger charge is 2.23. The largest absolute Gasteiger partial charge is 0.345 e. The minimum Gasteiger partial charge on any atom is -0.345 e. The molecule has 1 aromatic rings. The number of aryl methyl sites for hydroxylation is 1. The number of rotatable bonds is 6. The van der Waals surface area contributed by atoms with E-state index < -0.39 is 0 Å². The molecule has 2 rings (SSSR count). The number of aromatic nitrogens is 4. The number of carbonyl (C=O) groups excluding carboxylic acids is 1. The number of thioether (sulfide) groups is 1. The molecule has 0 aromatic carbocycles. The van der Waals surface area contributed by atoms with E-state index in [4.69, 9.17) is 0 Å². The van der Waals surface area contributed by atoms with E-state index in [2.05, 4.69) is 15.5 Å². The molecule has 1 heterocycles. The third-order valence-corrected chi connectivity index (χ3v) is 4.88. The summed E-state index contributed by atoms with van der Waals surface area (Å²) in [6, 6.07) is 0. The van der Waals surface area contributed by atoms with Crippen LogP contribution in [0.3, 0.4) is 0 Å². The van der Waals surface area contributed by atoms with Crippen LogP contribution < -0.4 is 0 Å². The third kappa shape index (κ3) is 4.19. The van der Waals surface area contributed by atoms with E-state index in [1.165, 1.54) is 19.3 Å². The molecular formula is C13H23N5OS. The molecule has 0 spiro atoms. The SMILES string of the molecule is CN(CCCSc1nnnn1C)C(=O)C1CCCCC1. The van der Waals surface area contributed by atoms with Gasteiger partial charge in [-0.15, -0.1) is 5.10 Å². The van der Waals surface area contributed by atoms with Gasteiger partial charge in [-0.25, -0.2) is 4.68 Å². The lowest BCUT2D eigenvalue weighted by molar-refractivity contribution is -0.135. The number of tetrazole rings is 1. The van der Waals surface area contributed by atoms with Crippen molar-refractivity contribution in [1.82, 2.24) is 25.1 Å². The average molecular weight is 297 g/mol. The Labute approximate surface area is 124 Å². The first-order chi connectivity index (χ1) is 9.68. The van der Waals surface area contributed by atoms with E-state index in [1.807, 2.05) is 19.0 Å². The first-order valence-electron chi connectivity index (χ1n) is 7.28. The Morgan fingerprint density at radius 1 is 1.40 bits per heavy atom. The van der Waals surface area contributed by atoms with Crippen LogP contribution in [0.2, 0.25) is 0 Å². The Morgan fingerprint density at radius 2 is 2.15 bits per heavy atom. The molecule has 0 aliphatic heterocycles. The first kappa shape index (κ1) is 15.3. The molecule has 0 N–H and O–H groups in total. The average Bonchev–Trinajstić information content (AvgIpc) is 2.89. The molecule has 7 heteroatoms. The maximum Gasteiger partial charge on any atom is 0.225 e. The van der Waals surface area contributed by atoms with Crippen LogP contribution in [0.15, 0.2) is 5.16 Å². The minimum absolute atomic E-state index is 0.268. The number of hydrogen-bond donors (Lipinski definition) is 0. The molecule has 0 unspecified atom stereocenters. The van der Waals surface area contributed by atoms with Gasteiger partial charge >= 0.3 is 0 Å². The zero-order valence-corrected chi connectivity index (χ0v) is 13.1. The van der Waals surface area contributed by atoms with Crippen LogP contribution in [0, 0.1) is 5.92 Å². The summed E-state index contributed by atoms with van der Waals surface area (Å²) in [6.45, 7) is 0.813. The van der Waals surface area contributed by atoms with Crippen LogP contribution in [0.5, 0.6) is 0 Å². The zero-order valence-electron chi connectivity index (χ0n) is 12.3. The molecule has 20 heavy (non-hydrogen) atoms. The van der Waals surface area contributed by atoms with Gasteiger partial charge < -0.3 is 4.90 Å². The molecule has 0 saturated heterocycles. The van der Waals surface area contributed by atoms with Crippen molar-refractivity contribution in [2.24, 2.45) is 13.0 Å². The molecule has 112 valence electrons. The van der Waals surface area contributed by atoms with E-state index in [-0.39, 0.29) is 5.92 Å². The Bertz CT molecular complexity index is 430. The van der Waals surface area contributed by atoms with Crippen molar-refractivity contribution < 1.29 is 4.79 Å². The monoisotopic (exact) mass is 297 g/mol. The van der Waals surface area contributed by atoms with Gasteiger partial charge in [0.05, 0.1) is 0 Å². The number of carbonyl (C=O) groups is 1.